The van der Waals surface area contributed by atoms with Gasteiger partial charge in [0.25, 0.3) is 0 Å². The predicted molar refractivity (Wildman–Crippen MR) is 75.4 cm³/mol. The summed E-state index contributed by atoms with van der Waals surface area (Å²) in [5.74, 6) is 0.835. The third-order valence-electron chi connectivity index (χ3n) is 2.63. The van der Waals surface area contributed by atoms with E-state index in [-0.39, 0.29) is 5.69 Å². The summed E-state index contributed by atoms with van der Waals surface area (Å²) in [6, 6.07) is 8.37. The molecule has 6 heteroatoms. The lowest BCUT2D eigenvalue weighted by Gasteiger charge is -2.11. The topological polar surface area (TPSA) is 77.9 Å². The molecule has 0 unspecified atom stereocenters. The maximum Gasteiger partial charge on any atom is 0.354 e. The molecule has 1 aromatic carbocycles. The first-order chi connectivity index (χ1) is 10.1. The van der Waals surface area contributed by atoms with Gasteiger partial charge in [0.1, 0.15) is 11.5 Å². The summed E-state index contributed by atoms with van der Waals surface area (Å²) in [5, 5.41) is 8.89. The molecule has 1 N–H and O–H groups in total. The van der Waals surface area contributed by atoms with Gasteiger partial charge in [-0.3, -0.25) is 0 Å². The van der Waals surface area contributed by atoms with Gasteiger partial charge in [-0.15, -0.1) is 0 Å². The van der Waals surface area contributed by atoms with Crippen molar-refractivity contribution in [1.29, 1.82) is 0 Å². The molecule has 1 heterocycles. The molecular formula is C15H15NO5. The van der Waals surface area contributed by atoms with Crippen molar-refractivity contribution in [3.63, 3.8) is 0 Å². The summed E-state index contributed by atoms with van der Waals surface area (Å²) in [6.45, 7) is 2.50. The van der Waals surface area contributed by atoms with Crippen LogP contribution in [0.25, 0.3) is 0 Å². The summed E-state index contributed by atoms with van der Waals surface area (Å²) in [5.41, 5.74) is -0.106. The molecule has 0 bridgehead atoms. The molecule has 2 aromatic rings. The fourth-order valence-electron chi connectivity index (χ4n) is 1.68. The lowest BCUT2D eigenvalue weighted by molar-refractivity contribution is 0.0690. The van der Waals surface area contributed by atoms with Crippen molar-refractivity contribution in [2.24, 2.45) is 0 Å². The second-order valence-corrected chi connectivity index (χ2v) is 4.03. The van der Waals surface area contributed by atoms with Gasteiger partial charge in [-0.1, -0.05) is 0 Å². The number of aromatic carboxylic acids is 1. The van der Waals surface area contributed by atoms with Crippen LogP contribution in [0.2, 0.25) is 0 Å². The highest BCUT2D eigenvalue weighted by molar-refractivity contribution is 5.86. The third-order valence-corrected chi connectivity index (χ3v) is 2.63. The zero-order valence-corrected chi connectivity index (χ0v) is 11.7. The van der Waals surface area contributed by atoms with Crippen LogP contribution < -0.4 is 14.2 Å². The van der Waals surface area contributed by atoms with E-state index in [1.165, 1.54) is 19.4 Å². The molecule has 0 amide bonds. The summed E-state index contributed by atoms with van der Waals surface area (Å²) in [6.07, 6.45) is 1.32. The van der Waals surface area contributed by atoms with E-state index in [0.717, 1.165) is 5.75 Å². The van der Waals surface area contributed by atoms with Gasteiger partial charge in [-0.05, 0) is 31.2 Å². The van der Waals surface area contributed by atoms with Crippen molar-refractivity contribution < 1.29 is 24.1 Å². The van der Waals surface area contributed by atoms with E-state index < -0.39 is 5.97 Å². The van der Waals surface area contributed by atoms with Crippen LogP contribution in [0.5, 0.6) is 23.0 Å². The normalized spacial score (nSPS) is 10.0. The largest absolute Gasteiger partial charge is 0.494 e. The van der Waals surface area contributed by atoms with E-state index in [1.54, 1.807) is 24.3 Å². The number of benzene rings is 1. The first-order valence-electron chi connectivity index (χ1n) is 6.32. The summed E-state index contributed by atoms with van der Waals surface area (Å²) in [7, 11) is 1.44. The molecule has 0 atom stereocenters. The second kappa shape index (κ2) is 6.60. The molecule has 6 nitrogen and oxygen atoms in total. The number of methoxy groups -OCH3 is 1. The van der Waals surface area contributed by atoms with Crippen molar-refractivity contribution >= 4 is 5.97 Å². The van der Waals surface area contributed by atoms with Gasteiger partial charge < -0.3 is 19.3 Å². The van der Waals surface area contributed by atoms with Crippen molar-refractivity contribution in [2.75, 3.05) is 13.7 Å². The summed E-state index contributed by atoms with van der Waals surface area (Å²) < 4.78 is 16.1. The quantitative estimate of drug-likeness (QED) is 0.880. The number of nitrogens with zero attached hydrogens (tertiary/aromatic N) is 1. The van der Waals surface area contributed by atoms with Crippen LogP contribution in [-0.2, 0) is 0 Å². The molecule has 110 valence electrons. The van der Waals surface area contributed by atoms with Crippen LogP contribution in [0, 0.1) is 0 Å². The number of aromatic nitrogens is 1. The molecular weight excluding hydrogens is 274 g/mol. The van der Waals surface area contributed by atoms with Gasteiger partial charge in [-0.2, -0.15) is 0 Å². The first-order valence-corrected chi connectivity index (χ1v) is 6.32. The fourth-order valence-corrected chi connectivity index (χ4v) is 1.68. The molecule has 0 saturated heterocycles. The Morgan fingerprint density at radius 1 is 1.19 bits per heavy atom. The zero-order chi connectivity index (χ0) is 15.2. The standard InChI is InChI=1S/C15H15NO5/c1-3-20-10-4-6-11(7-5-10)21-14-9-16-12(15(17)18)8-13(14)19-2/h4-9H,3H2,1-2H3,(H,17,18). The number of hydrogen-bond donors (Lipinski definition) is 1. The lowest BCUT2D eigenvalue weighted by atomic mass is 10.3. The number of carbonyl (C=O) groups is 1. The molecule has 2 rings (SSSR count). The van der Waals surface area contributed by atoms with Crippen molar-refractivity contribution in [2.45, 2.75) is 6.92 Å². The average Bonchev–Trinajstić information content (AvgIpc) is 2.49. The number of carboxylic acid groups (broad SMARTS) is 1. The summed E-state index contributed by atoms with van der Waals surface area (Å²) in [4.78, 5) is 14.7. The molecule has 0 fully saturated rings. The first kappa shape index (κ1) is 14.6. The van der Waals surface area contributed by atoms with E-state index in [4.69, 9.17) is 19.3 Å². The van der Waals surface area contributed by atoms with Gasteiger partial charge in [0.05, 0.1) is 19.9 Å². The number of carboxylic acids is 1. The van der Waals surface area contributed by atoms with Crippen LogP contribution in [0.1, 0.15) is 17.4 Å². The molecule has 21 heavy (non-hydrogen) atoms. The maximum absolute atomic E-state index is 10.9. The van der Waals surface area contributed by atoms with Crippen LogP contribution in [0.15, 0.2) is 36.5 Å². The minimum atomic E-state index is -1.12. The molecule has 0 aliphatic heterocycles. The fraction of sp³-hybridized carbons (Fsp3) is 0.200. The lowest BCUT2D eigenvalue weighted by Crippen LogP contribution is -2.01. The Morgan fingerprint density at radius 3 is 2.43 bits per heavy atom. The van der Waals surface area contributed by atoms with E-state index in [0.29, 0.717) is 23.9 Å². The Hall–Kier alpha value is -2.76. The Kier molecular flexibility index (Phi) is 4.61. The monoisotopic (exact) mass is 289 g/mol. The van der Waals surface area contributed by atoms with Crippen LogP contribution in [0.4, 0.5) is 0 Å². The molecule has 0 aliphatic carbocycles. The highest BCUT2D eigenvalue weighted by atomic mass is 16.5. The minimum absolute atomic E-state index is 0.106. The van der Waals surface area contributed by atoms with E-state index in [2.05, 4.69) is 4.98 Å². The Labute approximate surface area is 121 Å². The molecule has 0 radical (unpaired) electrons. The highest BCUT2D eigenvalue weighted by Crippen LogP contribution is 2.31. The Bertz CT molecular complexity index is 624. The average molecular weight is 289 g/mol. The smallest absolute Gasteiger partial charge is 0.354 e. The minimum Gasteiger partial charge on any atom is -0.494 e. The number of rotatable bonds is 6. The Morgan fingerprint density at radius 2 is 1.86 bits per heavy atom. The molecule has 1 aromatic heterocycles. The number of hydrogen-bond acceptors (Lipinski definition) is 5. The second-order valence-electron chi connectivity index (χ2n) is 4.03. The molecule has 0 spiro atoms. The van der Waals surface area contributed by atoms with Crippen LogP contribution in [-0.4, -0.2) is 29.8 Å². The maximum atomic E-state index is 10.9. The number of ether oxygens (including phenoxy) is 3. The van der Waals surface area contributed by atoms with Crippen molar-refractivity contribution in [3.05, 3.63) is 42.2 Å². The molecule has 0 saturated carbocycles. The van der Waals surface area contributed by atoms with Gasteiger partial charge in [0, 0.05) is 6.07 Å². The molecule has 0 aliphatic rings. The highest BCUT2D eigenvalue weighted by Gasteiger charge is 2.12. The Balaban J connectivity index is 2.20. The van der Waals surface area contributed by atoms with Gasteiger partial charge in [0.15, 0.2) is 17.2 Å². The van der Waals surface area contributed by atoms with Gasteiger partial charge >= 0.3 is 5.97 Å². The van der Waals surface area contributed by atoms with E-state index in [9.17, 15) is 4.79 Å². The third kappa shape index (κ3) is 3.62. The predicted octanol–water partition coefficient (Wildman–Crippen LogP) is 2.98. The van der Waals surface area contributed by atoms with Crippen molar-refractivity contribution in [3.8, 4) is 23.0 Å². The summed E-state index contributed by atoms with van der Waals surface area (Å²) >= 11 is 0. The van der Waals surface area contributed by atoms with Crippen LogP contribution in [0.3, 0.4) is 0 Å². The SMILES string of the molecule is CCOc1ccc(Oc2cnc(C(=O)O)cc2OC)cc1. The van der Waals surface area contributed by atoms with Gasteiger partial charge in [0.2, 0.25) is 0 Å². The van der Waals surface area contributed by atoms with Gasteiger partial charge in [-0.25, -0.2) is 9.78 Å². The zero-order valence-electron chi connectivity index (χ0n) is 11.7. The number of pyridine rings is 1. The van der Waals surface area contributed by atoms with E-state index >= 15 is 0 Å². The van der Waals surface area contributed by atoms with E-state index in [1.807, 2.05) is 6.92 Å². The van der Waals surface area contributed by atoms with Crippen molar-refractivity contribution in [1.82, 2.24) is 4.98 Å². The van der Waals surface area contributed by atoms with Crippen LogP contribution >= 0.6 is 0 Å².